The molecule has 0 saturated heterocycles. The van der Waals surface area contributed by atoms with E-state index < -0.39 is 17.7 Å². The zero-order valence-corrected chi connectivity index (χ0v) is 9.83. The molecule has 0 spiro atoms. The van der Waals surface area contributed by atoms with Gasteiger partial charge in [-0.3, -0.25) is 4.79 Å². The molecule has 0 aliphatic carbocycles. The highest BCUT2D eigenvalue weighted by Crippen LogP contribution is 2.22. The summed E-state index contributed by atoms with van der Waals surface area (Å²) < 4.78 is 12.9. The van der Waals surface area contributed by atoms with Gasteiger partial charge in [-0.1, -0.05) is 6.07 Å². The van der Waals surface area contributed by atoms with Crippen LogP contribution in [0.5, 0.6) is 0 Å². The molecule has 0 aliphatic rings. The Morgan fingerprint density at radius 2 is 2.00 bits per heavy atom. The molecule has 2 N–H and O–H groups in total. The first-order valence-electron chi connectivity index (χ1n) is 4.96. The molecule has 2 aromatic rings. The van der Waals surface area contributed by atoms with Crippen LogP contribution in [0.15, 0.2) is 36.4 Å². The summed E-state index contributed by atoms with van der Waals surface area (Å²) in [5, 5.41) is 11.6. The third kappa shape index (κ3) is 2.72. The summed E-state index contributed by atoms with van der Waals surface area (Å²) in [6.07, 6.45) is 0. The largest absolute Gasteiger partial charge is 0.477 e. The lowest BCUT2D eigenvalue weighted by Gasteiger charge is -2.02. The second kappa shape index (κ2) is 4.97. The summed E-state index contributed by atoms with van der Waals surface area (Å²) in [6, 6.07) is 8.15. The lowest BCUT2D eigenvalue weighted by molar-refractivity contribution is 0.0702. The van der Waals surface area contributed by atoms with Crippen molar-refractivity contribution >= 4 is 28.2 Å². The van der Waals surface area contributed by atoms with Crippen LogP contribution < -0.4 is 5.32 Å². The minimum Gasteiger partial charge on any atom is -0.477 e. The lowest BCUT2D eigenvalue weighted by atomic mass is 10.2. The van der Waals surface area contributed by atoms with Gasteiger partial charge in [-0.2, -0.15) is 0 Å². The molecular weight excluding hydrogens is 257 g/mol. The van der Waals surface area contributed by atoms with Crippen molar-refractivity contribution in [3.63, 3.8) is 0 Å². The van der Waals surface area contributed by atoms with Crippen LogP contribution in [0.2, 0.25) is 0 Å². The quantitative estimate of drug-likeness (QED) is 0.896. The van der Waals surface area contributed by atoms with Crippen LogP contribution in [0.3, 0.4) is 0 Å². The third-order valence-corrected chi connectivity index (χ3v) is 3.13. The van der Waals surface area contributed by atoms with Gasteiger partial charge in [-0.15, -0.1) is 11.3 Å². The van der Waals surface area contributed by atoms with Gasteiger partial charge in [0.25, 0.3) is 5.91 Å². The molecule has 0 aliphatic heterocycles. The fraction of sp³-hybridized carbons (Fsp3) is 0. The minimum atomic E-state index is -1.05. The van der Waals surface area contributed by atoms with Gasteiger partial charge in [0.2, 0.25) is 0 Å². The molecule has 2 rings (SSSR count). The molecule has 18 heavy (non-hydrogen) atoms. The van der Waals surface area contributed by atoms with Crippen LogP contribution in [0.4, 0.5) is 9.39 Å². The number of nitrogens with one attached hydrogen (secondary N) is 1. The normalized spacial score (nSPS) is 10.1. The number of aromatic carboxylic acids is 1. The van der Waals surface area contributed by atoms with E-state index >= 15 is 0 Å². The Kier molecular flexibility index (Phi) is 3.38. The molecule has 0 atom stereocenters. The molecular formula is C12H8FNO3S. The number of carboxylic acid groups (broad SMARTS) is 1. The molecule has 6 heteroatoms. The van der Waals surface area contributed by atoms with Crippen molar-refractivity contribution in [2.75, 3.05) is 5.32 Å². The second-order valence-corrected chi connectivity index (χ2v) is 4.52. The Balaban J connectivity index is 2.13. The van der Waals surface area contributed by atoms with E-state index in [1.165, 1.54) is 30.3 Å². The van der Waals surface area contributed by atoms with Crippen molar-refractivity contribution in [3.8, 4) is 0 Å². The van der Waals surface area contributed by atoms with Crippen LogP contribution in [-0.4, -0.2) is 17.0 Å². The summed E-state index contributed by atoms with van der Waals surface area (Å²) in [4.78, 5) is 22.5. The van der Waals surface area contributed by atoms with Crippen molar-refractivity contribution in [1.82, 2.24) is 0 Å². The fourth-order valence-electron chi connectivity index (χ4n) is 1.33. The van der Waals surface area contributed by atoms with Gasteiger partial charge in [-0.25, -0.2) is 9.18 Å². The number of carbonyl (C=O) groups is 2. The highest BCUT2D eigenvalue weighted by atomic mass is 32.1. The van der Waals surface area contributed by atoms with Gasteiger partial charge in [0.15, 0.2) is 0 Å². The number of carbonyl (C=O) groups excluding carboxylic acids is 1. The molecule has 0 bridgehead atoms. The maximum Gasteiger partial charge on any atom is 0.345 e. The van der Waals surface area contributed by atoms with Crippen LogP contribution in [0.1, 0.15) is 20.0 Å². The Morgan fingerprint density at radius 3 is 2.61 bits per heavy atom. The monoisotopic (exact) mass is 265 g/mol. The molecule has 92 valence electrons. The zero-order chi connectivity index (χ0) is 13.1. The van der Waals surface area contributed by atoms with Gasteiger partial charge in [-0.05, 0) is 30.3 Å². The Hall–Kier alpha value is -2.21. The van der Waals surface area contributed by atoms with Gasteiger partial charge in [0.1, 0.15) is 10.7 Å². The number of hydrogen-bond acceptors (Lipinski definition) is 3. The third-order valence-electron chi connectivity index (χ3n) is 2.14. The first kappa shape index (κ1) is 12.3. The molecule has 1 heterocycles. The first-order chi connectivity index (χ1) is 8.56. The van der Waals surface area contributed by atoms with E-state index in [9.17, 15) is 14.0 Å². The molecule has 0 saturated carbocycles. The van der Waals surface area contributed by atoms with Crippen molar-refractivity contribution in [2.24, 2.45) is 0 Å². The smallest absolute Gasteiger partial charge is 0.345 e. The van der Waals surface area contributed by atoms with E-state index in [2.05, 4.69) is 5.32 Å². The van der Waals surface area contributed by atoms with Gasteiger partial charge < -0.3 is 10.4 Å². The average molecular weight is 265 g/mol. The van der Waals surface area contributed by atoms with Crippen LogP contribution in [0, 0.1) is 5.82 Å². The fourth-order valence-corrected chi connectivity index (χ4v) is 2.07. The summed E-state index contributed by atoms with van der Waals surface area (Å²) in [7, 11) is 0. The Labute approximate surface area is 106 Å². The number of halogens is 1. The van der Waals surface area contributed by atoms with Gasteiger partial charge in [0, 0.05) is 5.56 Å². The number of thiophene rings is 1. The number of amides is 1. The predicted molar refractivity (Wildman–Crippen MR) is 65.6 cm³/mol. The van der Waals surface area contributed by atoms with E-state index in [0.717, 1.165) is 17.4 Å². The molecule has 0 radical (unpaired) electrons. The number of carboxylic acids is 1. The second-order valence-electron chi connectivity index (χ2n) is 3.43. The highest BCUT2D eigenvalue weighted by molar-refractivity contribution is 7.18. The van der Waals surface area contributed by atoms with E-state index in [1.807, 2.05) is 0 Å². The average Bonchev–Trinajstić information content (AvgIpc) is 2.77. The van der Waals surface area contributed by atoms with E-state index in [1.54, 1.807) is 0 Å². The van der Waals surface area contributed by atoms with Crippen molar-refractivity contribution in [2.45, 2.75) is 0 Å². The summed E-state index contributed by atoms with van der Waals surface area (Å²) in [5.74, 6) is -2.03. The zero-order valence-electron chi connectivity index (χ0n) is 9.01. The van der Waals surface area contributed by atoms with E-state index in [4.69, 9.17) is 5.11 Å². The number of hydrogen-bond donors (Lipinski definition) is 2. The van der Waals surface area contributed by atoms with Crippen molar-refractivity contribution < 1.29 is 19.1 Å². The number of benzene rings is 1. The van der Waals surface area contributed by atoms with E-state index in [-0.39, 0.29) is 10.4 Å². The molecule has 1 amide bonds. The number of rotatable bonds is 3. The highest BCUT2D eigenvalue weighted by Gasteiger charge is 2.11. The summed E-state index contributed by atoms with van der Waals surface area (Å²) in [6.45, 7) is 0. The SMILES string of the molecule is O=C(Nc1ccc(C(=O)O)s1)c1cccc(F)c1. The predicted octanol–water partition coefficient (Wildman–Crippen LogP) is 2.84. The Bertz CT molecular complexity index is 609. The molecule has 4 nitrogen and oxygen atoms in total. The minimum absolute atomic E-state index is 0.129. The molecule has 0 fully saturated rings. The standard InChI is InChI=1S/C12H8FNO3S/c13-8-3-1-2-7(6-8)11(15)14-10-5-4-9(18-10)12(16)17/h1-6H,(H,14,15)(H,16,17). The van der Waals surface area contributed by atoms with Crippen molar-refractivity contribution in [3.05, 3.63) is 52.7 Å². The maximum atomic E-state index is 12.9. The first-order valence-corrected chi connectivity index (χ1v) is 5.78. The van der Waals surface area contributed by atoms with Crippen LogP contribution in [0.25, 0.3) is 0 Å². The molecule has 0 unspecified atom stereocenters. The van der Waals surface area contributed by atoms with E-state index in [0.29, 0.717) is 5.00 Å². The lowest BCUT2D eigenvalue weighted by Crippen LogP contribution is -2.10. The summed E-state index contributed by atoms with van der Waals surface area (Å²) >= 11 is 0.943. The van der Waals surface area contributed by atoms with Crippen LogP contribution >= 0.6 is 11.3 Å². The molecule has 1 aromatic carbocycles. The van der Waals surface area contributed by atoms with Crippen molar-refractivity contribution in [1.29, 1.82) is 0 Å². The van der Waals surface area contributed by atoms with Gasteiger partial charge >= 0.3 is 5.97 Å². The van der Waals surface area contributed by atoms with Gasteiger partial charge in [0.05, 0.1) is 5.00 Å². The maximum absolute atomic E-state index is 12.9. The Morgan fingerprint density at radius 1 is 1.22 bits per heavy atom. The van der Waals surface area contributed by atoms with Crippen LogP contribution in [-0.2, 0) is 0 Å². The number of anilines is 1. The topological polar surface area (TPSA) is 66.4 Å². The molecule has 1 aromatic heterocycles. The summed E-state index contributed by atoms with van der Waals surface area (Å²) in [5.41, 5.74) is 0.181.